The van der Waals surface area contributed by atoms with Crippen LogP contribution in [-0.4, -0.2) is 300 Å². The van der Waals surface area contributed by atoms with Gasteiger partial charge in [-0.05, 0) is 109 Å². The van der Waals surface area contributed by atoms with E-state index in [2.05, 4.69) is 85.7 Å². The summed E-state index contributed by atoms with van der Waals surface area (Å²) in [4.78, 5) is 263. The summed E-state index contributed by atoms with van der Waals surface area (Å²) in [6.45, 7) is 9.90. The summed E-state index contributed by atoms with van der Waals surface area (Å²) in [6, 6.07) is -1.34. The standard InChI is InChI=1S/C92H127N23O20S2/c1-10-13-24-69-83(128)103-61(23-19-32-99-91(95)96)79(124)108-68(78(123)100-42-74(94)120)46-136-47-75(121)102-65(35-51-27-29-55(117)30-28-51)86(131)112(7)50(6)77(122)104-63(39-73(93)119)82(127)111-92(40-53(92)12-3)90(135)109-62(37-54-41-97-48-101-54)80(125)105-64(34-49(4)5)88(133)115-43-56(118)38-71(115)84(129)110-76(59-31-33-98-60-22-17-15-21-58(59)60)85(130)107-67(44-116)81(126)106-66(36-52-45-137-72-26-18-16-20-57(52)72)87(132)114(9)70(25-14-11-2)89(134)113(69)8/h12,15-18,20-22,26-31,33,41,45,48-50,53,56,59,61-71,76,98,116-118H,3,10-11,13-14,19,23-25,32,34-40,42-44,46-47H2,1-2,4-9H3,(H2,93,119)(H2,94,120)(H,97,101)(H,100,123)(H,102,121)(H,103,128)(H,104,122)(H,105,125)(H,106,126)(H,107,130)(H,108,124)(H,109,135)(H,110,129)(H,111,127)(H4,95,96,99)/t50-,53-,56+,59-,61-,62?,63-,64-,65-,66-,67-,68?,69-,70-,71-,76?,92-/m0/s1. The molecule has 2 aromatic heterocycles. The molecular weight excluding hydrogens is 1810 g/mol. The third kappa shape index (κ3) is 29.2. The quantitative estimate of drug-likeness (QED) is 0.0122. The van der Waals surface area contributed by atoms with E-state index in [4.69, 9.17) is 22.6 Å². The second kappa shape index (κ2) is 50.3. The number of benzene rings is 3. The number of rotatable bonds is 26. The van der Waals surface area contributed by atoms with Crippen LogP contribution in [0.3, 0.4) is 0 Å². The number of phenolic OH excluding ortho intramolecular Hbond substituents is 1. The number of anilines is 1. The summed E-state index contributed by atoms with van der Waals surface area (Å²) >= 11 is 2.10. The lowest BCUT2D eigenvalue weighted by Gasteiger charge is -2.36. The lowest BCUT2D eigenvalue weighted by atomic mass is 9.87. The number of thiophene rings is 1. The highest BCUT2D eigenvalue weighted by Gasteiger charge is 2.61. The van der Waals surface area contributed by atoms with Crippen molar-refractivity contribution in [1.82, 2.24) is 93.4 Å². The van der Waals surface area contributed by atoms with E-state index in [1.807, 2.05) is 32.0 Å². The summed E-state index contributed by atoms with van der Waals surface area (Å²) in [5, 5.41) is 78.2. The van der Waals surface area contributed by atoms with Crippen LogP contribution in [0, 0.1) is 17.2 Å². The molecule has 43 nitrogen and oxygen atoms in total. The lowest BCUT2D eigenvalue weighted by Crippen LogP contribution is -2.62. The van der Waals surface area contributed by atoms with Crippen LogP contribution in [-0.2, 0) is 101 Å². The number of nitrogens with one attached hydrogen (secondary N) is 15. The Bertz CT molecular complexity index is 5230. The normalized spacial score (nSPS) is 26.3. The minimum absolute atomic E-state index is 0.0105. The largest absolute Gasteiger partial charge is 0.508 e. The number of thioether (sulfide) groups is 1. The molecule has 0 bridgehead atoms. The molecule has 17 amide bonds. The summed E-state index contributed by atoms with van der Waals surface area (Å²) in [5.74, 6) is -20.5. The van der Waals surface area contributed by atoms with Gasteiger partial charge in [0, 0.05) is 99.8 Å². The van der Waals surface area contributed by atoms with Gasteiger partial charge >= 0.3 is 0 Å². The predicted molar refractivity (Wildman–Crippen MR) is 508 cm³/mol. The second-order valence-corrected chi connectivity index (χ2v) is 37.1. The second-order valence-electron chi connectivity index (χ2n) is 35.1. The highest BCUT2D eigenvalue weighted by molar-refractivity contribution is 8.00. The van der Waals surface area contributed by atoms with Gasteiger partial charge in [0.1, 0.15) is 89.8 Å². The number of aliphatic hydroxyl groups is 2. The van der Waals surface area contributed by atoms with Crippen LogP contribution in [0.1, 0.15) is 140 Å². The molecule has 3 fully saturated rings. The number of imidazole rings is 1. The molecule has 1 aliphatic carbocycles. The number of aromatic hydroxyl groups is 1. The van der Waals surface area contributed by atoms with Gasteiger partial charge in [-0.25, -0.2) is 4.98 Å². The smallest absolute Gasteiger partial charge is 0.247 e. The molecule has 17 atom stereocenters. The van der Waals surface area contributed by atoms with Gasteiger partial charge in [-0.3, -0.25) is 86.9 Å². The van der Waals surface area contributed by atoms with Crippen LogP contribution in [0.15, 0.2) is 116 Å². The fraction of sp³-hybridized carbons (Fsp3) is 0.511. The number of nitrogens with two attached hydrogens (primary N) is 3. The highest BCUT2D eigenvalue weighted by Crippen LogP contribution is 2.45. The van der Waals surface area contributed by atoms with Crippen LogP contribution < -0.4 is 86.3 Å². The Morgan fingerprint density at radius 1 is 0.657 bits per heavy atom. The molecular formula is C92H127N23O20S2. The Labute approximate surface area is 800 Å². The van der Waals surface area contributed by atoms with E-state index < -0.39 is 252 Å². The minimum atomic E-state index is -1.96. The number of aliphatic hydroxyl groups excluding tert-OH is 2. The van der Waals surface area contributed by atoms with Crippen molar-refractivity contribution in [1.29, 1.82) is 5.41 Å². The topological polar surface area (TPSA) is 651 Å². The summed E-state index contributed by atoms with van der Waals surface area (Å²) < 4.78 is 0.806. The first-order valence-electron chi connectivity index (χ1n) is 45.5. The molecule has 742 valence electrons. The summed E-state index contributed by atoms with van der Waals surface area (Å²) in [7, 11) is 3.89. The number of amides is 17. The van der Waals surface area contributed by atoms with Gasteiger partial charge in [0.15, 0.2) is 5.96 Å². The number of primary amides is 2. The third-order valence-electron chi connectivity index (χ3n) is 24.5. The van der Waals surface area contributed by atoms with Crippen LogP contribution in [0.5, 0.6) is 5.75 Å². The molecule has 1 spiro atoms. The number of unbranched alkanes of at least 4 members (excludes halogenated alkanes) is 2. The fourth-order valence-corrected chi connectivity index (χ4v) is 18.5. The monoisotopic (exact) mass is 1940 g/mol. The number of para-hydroxylation sites is 1. The van der Waals surface area contributed by atoms with Crippen molar-refractivity contribution in [3.63, 3.8) is 0 Å². The van der Waals surface area contributed by atoms with Crippen LogP contribution >= 0.6 is 23.1 Å². The number of fused-ring (bicyclic) bond motifs is 3. The number of guanidine groups is 1. The molecule has 1 saturated carbocycles. The molecule has 9 rings (SSSR count). The number of H-pyrrole nitrogens is 1. The van der Waals surface area contributed by atoms with Crippen molar-refractivity contribution in [3.05, 3.63) is 138 Å². The number of aromatic amines is 1. The number of hydrogen-bond donors (Lipinski definition) is 21. The Balaban J connectivity index is 1.11. The Morgan fingerprint density at radius 3 is 1.95 bits per heavy atom. The maximum absolute atomic E-state index is 15.8. The molecule has 45 heteroatoms. The van der Waals surface area contributed by atoms with Gasteiger partial charge in [-0.1, -0.05) is 114 Å². The fourth-order valence-electron chi connectivity index (χ4n) is 16.7. The van der Waals surface area contributed by atoms with Gasteiger partial charge in [0.2, 0.25) is 100 Å². The van der Waals surface area contributed by atoms with E-state index in [9.17, 15) is 53.7 Å². The van der Waals surface area contributed by atoms with Gasteiger partial charge in [0.05, 0.1) is 37.8 Å². The van der Waals surface area contributed by atoms with Crippen molar-refractivity contribution in [2.45, 2.75) is 227 Å². The first-order chi connectivity index (χ1) is 65.2. The van der Waals surface area contributed by atoms with Crippen molar-refractivity contribution in [2.24, 2.45) is 29.0 Å². The van der Waals surface area contributed by atoms with Gasteiger partial charge in [-0.2, -0.15) is 0 Å². The molecule has 5 heterocycles. The third-order valence-corrected chi connectivity index (χ3v) is 26.5. The maximum Gasteiger partial charge on any atom is 0.247 e. The van der Waals surface area contributed by atoms with E-state index in [-0.39, 0.29) is 81.7 Å². The SMILES string of the molecule is C=C[C@H]1C[C@]12NC(=O)[C@H](CC(N)=O)NC(=O)[C@H](C)N(C)C(=O)[C@H](Cc1ccc(O)cc1)NC(=O)CSCC(C(=O)NCC(N)=O)NC(=O)[C@H](CCCNC(=N)N)NC(=O)[C@H](CCCC)N(C)C(=O)[C@H](CCCC)N(C)C(=O)[C@H](Cc1csc3ccccc13)NC(=O)[C@H](CO)NC(=O)C([C@H]1C=CNc3ccccc31)NC(=O)[C@@H]1C[C@@H](O)CN1C(=O)[C@H](CC(C)C)NC(=O)C(Cc1cnc[nH]1)NC2=O. The molecule has 2 saturated heterocycles. The zero-order valence-electron chi connectivity index (χ0n) is 77.8. The molecule has 24 N–H and O–H groups in total. The number of nitrogens with zero attached hydrogens (tertiary/aromatic N) is 5. The molecule has 0 radical (unpaired) electrons. The summed E-state index contributed by atoms with van der Waals surface area (Å²) in [5.41, 5.74) is 17.0. The number of carbonyl (C=O) groups excluding carboxylic acids is 17. The first kappa shape index (κ1) is 107. The van der Waals surface area contributed by atoms with E-state index in [0.29, 0.717) is 53.4 Å². The average Bonchev–Trinajstić information content (AvgIpc) is 1.58. The minimum Gasteiger partial charge on any atom is -0.508 e. The number of carbonyl (C=O) groups is 17. The van der Waals surface area contributed by atoms with Crippen molar-refractivity contribution >= 4 is 145 Å². The maximum atomic E-state index is 15.8. The first-order valence-corrected chi connectivity index (χ1v) is 47.5. The Hall–Kier alpha value is -13.6. The van der Waals surface area contributed by atoms with Crippen molar-refractivity contribution in [2.75, 3.05) is 64.2 Å². The number of hydrogen-bond acceptors (Lipinski definition) is 25. The van der Waals surface area contributed by atoms with E-state index in [1.54, 1.807) is 55.6 Å². The molecule has 3 unspecified atom stereocenters. The number of phenols is 1. The van der Waals surface area contributed by atoms with E-state index in [0.717, 1.165) is 36.1 Å². The zero-order valence-corrected chi connectivity index (χ0v) is 79.5. The van der Waals surface area contributed by atoms with Gasteiger partial charge in [-0.15, -0.1) is 29.7 Å². The Kier molecular flexibility index (Phi) is 39.3. The van der Waals surface area contributed by atoms with Crippen LogP contribution in [0.4, 0.5) is 5.69 Å². The average molecular weight is 1940 g/mol. The Morgan fingerprint density at radius 2 is 1.29 bits per heavy atom. The lowest BCUT2D eigenvalue weighted by molar-refractivity contribution is -0.149. The molecule has 3 aromatic carbocycles. The molecule has 5 aromatic rings. The molecule has 4 aliphatic rings. The van der Waals surface area contributed by atoms with E-state index >= 15 is 43.2 Å². The van der Waals surface area contributed by atoms with Crippen molar-refractivity contribution < 1.29 is 96.8 Å². The number of likely N-dealkylation sites (N-methyl/N-ethyl adjacent to an activating group) is 3. The van der Waals surface area contributed by atoms with Crippen molar-refractivity contribution in [3.8, 4) is 5.75 Å². The van der Waals surface area contributed by atoms with E-state index in [1.165, 1.54) is 88.5 Å². The molecule has 137 heavy (non-hydrogen) atoms. The zero-order chi connectivity index (χ0) is 100. The predicted octanol–water partition coefficient (Wildman–Crippen LogP) is -2.13. The van der Waals surface area contributed by atoms with Gasteiger partial charge in [0.25, 0.3) is 0 Å². The highest BCUT2D eigenvalue weighted by atomic mass is 32.2. The van der Waals surface area contributed by atoms with Gasteiger partial charge < -0.3 is 126 Å². The summed E-state index contributed by atoms with van der Waals surface area (Å²) in [6.07, 6.45) is 4.64. The van der Waals surface area contributed by atoms with Crippen LogP contribution in [0.25, 0.3) is 10.1 Å². The van der Waals surface area contributed by atoms with Crippen LogP contribution in [0.2, 0.25) is 0 Å². The molecule has 3 aliphatic heterocycles. The number of aromatic nitrogens is 2.